The lowest BCUT2D eigenvalue weighted by Gasteiger charge is -2.29. The summed E-state index contributed by atoms with van der Waals surface area (Å²) in [5, 5.41) is 0. The first-order chi connectivity index (χ1) is 5.71. The Hall–Kier alpha value is -0.610. The molecule has 1 unspecified atom stereocenters. The molecule has 0 spiro atoms. The van der Waals surface area contributed by atoms with E-state index in [4.69, 9.17) is 16.2 Å². The quantitative estimate of drug-likeness (QED) is 0.655. The van der Waals surface area contributed by atoms with Gasteiger partial charge in [-0.2, -0.15) is 0 Å². The summed E-state index contributed by atoms with van der Waals surface area (Å²) in [6.07, 6.45) is 0.863. The summed E-state index contributed by atoms with van der Waals surface area (Å²) in [5.41, 5.74) is 9.39. The molecule has 0 aromatic carbocycles. The number of rotatable bonds is 5. The van der Waals surface area contributed by atoms with Crippen LogP contribution in [0.4, 0.5) is 0 Å². The minimum absolute atomic E-state index is 0.156. The highest BCUT2D eigenvalue weighted by Crippen LogP contribution is 2.15. The maximum absolute atomic E-state index is 10.8. The van der Waals surface area contributed by atoms with Gasteiger partial charge in [0.2, 0.25) is 5.91 Å². The Morgan fingerprint density at radius 2 is 1.85 bits per heavy atom. The number of carbonyl (C=O) groups excluding carboxylic acids is 1. The summed E-state index contributed by atoms with van der Waals surface area (Å²) in [5.74, 6) is -0.542. The van der Waals surface area contributed by atoms with Gasteiger partial charge in [0.1, 0.15) is 5.54 Å². The molecule has 4 heteroatoms. The molecule has 13 heavy (non-hydrogen) atoms. The Labute approximate surface area is 79.6 Å². The molecule has 4 nitrogen and oxygen atoms in total. The largest absolute Gasteiger partial charge is 0.373 e. The molecule has 78 valence electrons. The van der Waals surface area contributed by atoms with E-state index in [1.54, 1.807) is 6.92 Å². The van der Waals surface area contributed by atoms with Crippen LogP contribution in [0.15, 0.2) is 0 Å². The van der Waals surface area contributed by atoms with Gasteiger partial charge in [-0.1, -0.05) is 6.92 Å². The molecular weight excluding hydrogens is 168 g/mol. The van der Waals surface area contributed by atoms with E-state index in [2.05, 4.69) is 0 Å². The van der Waals surface area contributed by atoms with Crippen molar-refractivity contribution < 1.29 is 9.53 Å². The van der Waals surface area contributed by atoms with Gasteiger partial charge in [-0.15, -0.1) is 0 Å². The number of carbonyl (C=O) groups is 1. The fraction of sp³-hybridized carbons (Fsp3) is 0.889. The highest BCUT2D eigenvalue weighted by atomic mass is 16.5. The molecule has 4 N–H and O–H groups in total. The number of hydrogen-bond acceptors (Lipinski definition) is 3. The Morgan fingerprint density at radius 1 is 1.38 bits per heavy atom. The van der Waals surface area contributed by atoms with Gasteiger partial charge in [-0.3, -0.25) is 4.79 Å². The van der Waals surface area contributed by atoms with E-state index in [1.807, 2.05) is 20.8 Å². The van der Waals surface area contributed by atoms with Crippen LogP contribution < -0.4 is 11.5 Å². The first kappa shape index (κ1) is 12.4. The predicted octanol–water partition coefficient (Wildman–Crippen LogP) is 0.394. The normalized spacial score (nSPS) is 16.7. The maximum atomic E-state index is 10.8. The third-order valence-electron chi connectivity index (χ3n) is 2.18. The Bertz CT molecular complexity index is 188. The van der Waals surface area contributed by atoms with Crippen LogP contribution in [0.1, 0.15) is 34.1 Å². The fourth-order valence-corrected chi connectivity index (χ4v) is 0.518. The molecule has 0 saturated heterocycles. The van der Waals surface area contributed by atoms with Gasteiger partial charge in [-0.05, 0) is 27.2 Å². The smallest absolute Gasteiger partial charge is 0.239 e. The zero-order valence-corrected chi connectivity index (χ0v) is 8.89. The number of ether oxygens (including phenoxy) is 1. The molecule has 0 aliphatic rings. The summed E-state index contributed by atoms with van der Waals surface area (Å²) in [6, 6.07) is 0. The molecule has 0 aromatic heterocycles. The highest BCUT2D eigenvalue weighted by Gasteiger charge is 2.29. The number of hydrogen-bond donors (Lipinski definition) is 2. The summed E-state index contributed by atoms with van der Waals surface area (Å²) in [6.45, 7) is 7.64. The molecular formula is C9H20N2O2. The van der Waals surface area contributed by atoms with Gasteiger partial charge >= 0.3 is 0 Å². The third-order valence-corrected chi connectivity index (χ3v) is 2.18. The SMILES string of the molecule is CCC(C)(C)OCC(C)(N)C(N)=O. The van der Waals surface area contributed by atoms with Crippen molar-refractivity contribution >= 4 is 5.91 Å². The third kappa shape index (κ3) is 4.24. The molecule has 1 amide bonds. The van der Waals surface area contributed by atoms with Crippen LogP contribution in [0, 0.1) is 0 Å². The number of primary amides is 1. The minimum Gasteiger partial charge on any atom is -0.373 e. The van der Waals surface area contributed by atoms with Crippen molar-refractivity contribution in [3.05, 3.63) is 0 Å². The molecule has 0 aliphatic heterocycles. The molecule has 0 saturated carbocycles. The molecule has 1 atom stereocenters. The lowest BCUT2D eigenvalue weighted by atomic mass is 10.0. The summed E-state index contributed by atoms with van der Waals surface area (Å²) >= 11 is 0. The van der Waals surface area contributed by atoms with Crippen molar-refractivity contribution in [1.29, 1.82) is 0 Å². The van der Waals surface area contributed by atoms with Crippen molar-refractivity contribution in [2.45, 2.75) is 45.3 Å². The van der Waals surface area contributed by atoms with Crippen LogP contribution in [0.5, 0.6) is 0 Å². The minimum atomic E-state index is -1.08. The average Bonchev–Trinajstić information content (AvgIpc) is 2.01. The standard InChI is InChI=1S/C9H20N2O2/c1-5-8(2,3)13-6-9(4,11)7(10)12/h5-6,11H2,1-4H3,(H2,10,12). The van der Waals surface area contributed by atoms with E-state index in [0.29, 0.717) is 0 Å². The molecule has 0 aliphatic carbocycles. The van der Waals surface area contributed by atoms with Crippen molar-refractivity contribution in [2.24, 2.45) is 11.5 Å². The van der Waals surface area contributed by atoms with Gasteiger partial charge in [0, 0.05) is 0 Å². The molecule has 0 aromatic rings. The summed E-state index contributed by atoms with van der Waals surface area (Å²) in [4.78, 5) is 10.8. The fourth-order valence-electron chi connectivity index (χ4n) is 0.518. The van der Waals surface area contributed by atoms with E-state index in [9.17, 15) is 4.79 Å². The number of amides is 1. The second-order valence-electron chi connectivity index (χ2n) is 4.18. The average molecular weight is 188 g/mol. The summed E-state index contributed by atoms with van der Waals surface area (Å²) in [7, 11) is 0. The van der Waals surface area contributed by atoms with E-state index in [-0.39, 0.29) is 12.2 Å². The van der Waals surface area contributed by atoms with Gasteiger partial charge in [0.15, 0.2) is 0 Å². The van der Waals surface area contributed by atoms with Gasteiger partial charge in [-0.25, -0.2) is 0 Å². The molecule has 0 rings (SSSR count). The topological polar surface area (TPSA) is 78.3 Å². The lowest BCUT2D eigenvalue weighted by Crippen LogP contribution is -2.54. The van der Waals surface area contributed by atoms with Crippen LogP contribution >= 0.6 is 0 Å². The number of nitrogens with two attached hydrogens (primary N) is 2. The lowest BCUT2D eigenvalue weighted by molar-refractivity contribution is -0.127. The zero-order chi connectivity index (χ0) is 10.7. The Balaban J connectivity index is 4.09. The van der Waals surface area contributed by atoms with E-state index < -0.39 is 11.4 Å². The van der Waals surface area contributed by atoms with Crippen LogP contribution in [-0.2, 0) is 9.53 Å². The second kappa shape index (κ2) is 4.07. The molecule has 0 radical (unpaired) electrons. The zero-order valence-electron chi connectivity index (χ0n) is 8.89. The Morgan fingerprint density at radius 3 is 2.15 bits per heavy atom. The first-order valence-electron chi connectivity index (χ1n) is 4.44. The molecule has 0 heterocycles. The predicted molar refractivity (Wildman–Crippen MR) is 52.1 cm³/mol. The van der Waals surface area contributed by atoms with E-state index in [1.165, 1.54) is 0 Å². The van der Waals surface area contributed by atoms with Crippen LogP contribution in [0.3, 0.4) is 0 Å². The maximum Gasteiger partial charge on any atom is 0.239 e. The van der Waals surface area contributed by atoms with E-state index in [0.717, 1.165) is 6.42 Å². The highest BCUT2D eigenvalue weighted by molar-refractivity contribution is 5.83. The first-order valence-corrected chi connectivity index (χ1v) is 4.44. The van der Waals surface area contributed by atoms with Crippen LogP contribution in [0.2, 0.25) is 0 Å². The Kier molecular flexibility index (Phi) is 3.88. The van der Waals surface area contributed by atoms with Gasteiger partial charge < -0.3 is 16.2 Å². The summed E-state index contributed by atoms with van der Waals surface area (Å²) < 4.78 is 5.48. The van der Waals surface area contributed by atoms with Crippen molar-refractivity contribution in [1.82, 2.24) is 0 Å². The van der Waals surface area contributed by atoms with Crippen LogP contribution in [-0.4, -0.2) is 23.7 Å². The van der Waals surface area contributed by atoms with Crippen molar-refractivity contribution in [2.75, 3.05) is 6.61 Å². The van der Waals surface area contributed by atoms with E-state index >= 15 is 0 Å². The van der Waals surface area contributed by atoms with Crippen molar-refractivity contribution in [3.63, 3.8) is 0 Å². The monoisotopic (exact) mass is 188 g/mol. The van der Waals surface area contributed by atoms with Crippen LogP contribution in [0.25, 0.3) is 0 Å². The molecule has 0 fully saturated rings. The molecule has 0 bridgehead atoms. The van der Waals surface area contributed by atoms with Gasteiger partial charge in [0.25, 0.3) is 0 Å². The van der Waals surface area contributed by atoms with Crippen molar-refractivity contribution in [3.8, 4) is 0 Å². The van der Waals surface area contributed by atoms with Gasteiger partial charge in [0.05, 0.1) is 12.2 Å². The second-order valence-corrected chi connectivity index (χ2v) is 4.18.